The van der Waals surface area contributed by atoms with Crippen LogP contribution >= 0.6 is 11.8 Å². The third-order valence-corrected chi connectivity index (χ3v) is 4.09. The van der Waals surface area contributed by atoms with Crippen LogP contribution in [0.4, 0.5) is 11.4 Å². The number of rotatable bonds is 4. The Morgan fingerprint density at radius 2 is 2.11 bits per heavy atom. The zero-order chi connectivity index (χ0) is 13.1. The van der Waals surface area contributed by atoms with E-state index < -0.39 is 0 Å². The summed E-state index contributed by atoms with van der Waals surface area (Å²) in [5.41, 5.74) is 8.01. The largest absolute Gasteiger partial charge is 0.398 e. The zero-order valence-electron chi connectivity index (χ0n) is 11.1. The van der Waals surface area contributed by atoms with Gasteiger partial charge in [-0.25, -0.2) is 0 Å². The van der Waals surface area contributed by atoms with Crippen molar-refractivity contribution in [1.29, 1.82) is 0 Å². The van der Waals surface area contributed by atoms with Gasteiger partial charge in [0.05, 0.1) is 0 Å². The molecule has 0 radical (unpaired) electrons. The second kappa shape index (κ2) is 5.48. The van der Waals surface area contributed by atoms with Gasteiger partial charge in [0.15, 0.2) is 0 Å². The van der Waals surface area contributed by atoms with Crippen molar-refractivity contribution in [3.05, 3.63) is 30.6 Å². The number of nitrogen functional groups attached to an aromatic ring is 1. The number of aromatic nitrogens is 1. The highest BCUT2D eigenvalue weighted by atomic mass is 32.2. The summed E-state index contributed by atoms with van der Waals surface area (Å²) in [6.07, 6.45) is 5.81. The highest BCUT2D eigenvalue weighted by Crippen LogP contribution is 2.30. The molecule has 2 aromatic rings. The van der Waals surface area contributed by atoms with E-state index in [4.69, 9.17) is 5.73 Å². The molecule has 0 saturated carbocycles. The smallest absolute Gasteiger partial charge is 0.0463 e. The molecule has 0 aliphatic heterocycles. The van der Waals surface area contributed by atoms with E-state index in [-0.39, 0.29) is 0 Å². The van der Waals surface area contributed by atoms with E-state index in [1.54, 1.807) is 6.20 Å². The van der Waals surface area contributed by atoms with E-state index in [0.29, 0.717) is 6.04 Å². The van der Waals surface area contributed by atoms with Gasteiger partial charge >= 0.3 is 0 Å². The molecule has 3 nitrogen and oxygen atoms in total. The van der Waals surface area contributed by atoms with Crippen LogP contribution in [0, 0.1) is 0 Å². The highest BCUT2D eigenvalue weighted by Gasteiger charge is 2.13. The Morgan fingerprint density at radius 1 is 1.33 bits per heavy atom. The molecule has 0 saturated heterocycles. The minimum absolute atomic E-state index is 0.479. The number of nitrogens with two attached hydrogens (primary N) is 1. The Labute approximate surface area is 112 Å². The van der Waals surface area contributed by atoms with E-state index in [1.807, 2.05) is 30.1 Å². The lowest BCUT2D eigenvalue weighted by atomic mass is 10.1. The molecule has 2 rings (SSSR count). The number of nitrogens with zero attached hydrogens (tertiary/aromatic N) is 2. The van der Waals surface area contributed by atoms with E-state index >= 15 is 0 Å². The van der Waals surface area contributed by atoms with Gasteiger partial charge in [0, 0.05) is 53.4 Å². The fraction of sp³-hybridized carbons (Fsp3) is 0.357. The van der Waals surface area contributed by atoms with Crippen molar-refractivity contribution in [1.82, 2.24) is 4.98 Å². The number of anilines is 2. The lowest BCUT2D eigenvalue weighted by Crippen LogP contribution is -2.30. The Hall–Kier alpha value is -1.42. The average Bonchev–Trinajstić information content (AvgIpc) is 2.39. The fourth-order valence-corrected chi connectivity index (χ4v) is 2.80. The van der Waals surface area contributed by atoms with Gasteiger partial charge in [0.25, 0.3) is 0 Å². The minimum Gasteiger partial charge on any atom is -0.398 e. The molecule has 0 aliphatic carbocycles. The van der Waals surface area contributed by atoms with E-state index in [1.165, 1.54) is 5.69 Å². The molecule has 18 heavy (non-hydrogen) atoms. The summed E-state index contributed by atoms with van der Waals surface area (Å²) in [6.45, 7) is 2.23. The van der Waals surface area contributed by atoms with Gasteiger partial charge in [-0.3, -0.25) is 4.98 Å². The lowest BCUT2D eigenvalue weighted by molar-refractivity contribution is 0.768. The molecular formula is C14H19N3S. The van der Waals surface area contributed by atoms with Gasteiger partial charge in [-0.2, -0.15) is 11.8 Å². The molecule has 0 spiro atoms. The van der Waals surface area contributed by atoms with Crippen LogP contribution in [0.2, 0.25) is 0 Å². The number of hydrogen-bond acceptors (Lipinski definition) is 4. The first-order valence-corrected chi connectivity index (χ1v) is 7.38. The number of benzene rings is 1. The fourth-order valence-electron chi connectivity index (χ4n) is 2.10. The number of hydrogen-bond donors (Lipinski definition) is 1. The summed E-state index contributed by atoms with van der Waals surface area (Å²) in [5, 5.41) is 2.19. The molecule has 1 aromatic heterocycles. The standard InChI is InChI=1S/C14H19N3S/c1-10(9-18-3)17(2)14-5-4-13(15)11-6-7-16-8-12(11)14/h4-8,10H,9,15H2,1-3H3. The summed E-state index contributed by atoms with van der Waals surface area (Å²) in [7, 11) is 2.12. The third kappa shape index (κ3) is 2.38. The summed E-state index contributed by atoms with van der Waals surface area (Å²) in [4.78, 5) is 6.51. The van der Waals surface area contributed by atoms with Crippen molar-refractivity contribution in [2.24, 2.45) is 0 Å². The minimum atomic E-state index is 0.479. The van der Waals surface area contributed by atoms with Crippen molar-refractivity contribution >= 4 is 33.9 Å². The normalized spacial score (nSPS) is 12.6. The van der Waals surface area contributed by atoms with Crippen molar-refractivity contribution in [2.45, 2.75) is 13.0 Å². The van der Waals surface area contributed by atoms with Crippen molar-refractivity contribution in [2.75, 3.05) is 29.7 Å². The van der Waals surface area contributed by atoms with Crippen LogP contribution in [-0.2, 0) is 0 Å². The average molecular weight is 261 g/mol. The molecule has 1 atom stereocenters. The Bertz CT molecular complexity index is 542. The maximum atomic E-state index is 6.01. The van der Waals surface area contributed by atoms with Gasteiger partial charge < -0.3 is 10.6 Å². The summed E-state index contributed by atoms with van der Waals surface area (Å²) in [6, 6.07) is 6.50. The summed E-state index contributed by atoms with van der Waals surface area (Å²) in [5.74, 6) is 1.10. The van der Waals surface area contributed by atoms with Crippen LogP contribution in [0.5, 0.6) is 0 Å². The molecule has 2 N–H and O–H groups in total. The SMILES string of the molecule is CSCC(C)N(C)c1ccc(N)c2ccncc12. The first-order valence-electron chi connectivity index (χ1n) is 5.99. The monoisotopic (exact) mass is 261 g/mol. The van der Waals surface area contributed by atoms with Crippen molar-refractivity contribution < 1.29 is 0 Å². The quantitative estimate of drug-likeness (QED) is 0.859. The number of pyridine rings is 1. The van der Waals surface area contributed by atoms with E-state index in [9.17, 15) is 0 Å². The second-order valence-corrected chi connectivity index (χ2v) is 5.42. The Kier molecular flexibility index (Phi) is 3.97. The van der Waals surface area contributed by atoms with Crippen LogP contribution in [0.15, 0.2) is 30.6 Å². The van der Waals surface area contributed by atoms with Gasteiger partial charge in [-0.15, -0.1) is 0 Å². The predicted octanol–water partition coefficient (Wildman–Crippen LogP) is 3.00. The molecule has 96 valence electrons. The zero-order valence-corrected chi connectivity index (χ0v) is 11.9. The summed E-state index contributed by atoms with van der Waals surface area (Å²) < 4.78 is 0. The van der Waals surface area contributed by atoms with Crippen molar-refractivity contribution in [3.8, 4) is 0 Å². The first kappa shape index (κ1) is 13.0. The van der Waals surface area contributed by atoms with Crippen LogP contribution in [0.3, 0.4) is 0 Å². The van der Waals surface area contributed by atoms with Gasteiger partial charge in [0.2, 0.25) is 0 Å². The molecule has 0 amide bonds. The molecule has 0 fully saturated rings. The van der Waals surface area contributed by atoms with Crippen LogP contribution in [0.25, 0.3) is 10.8 Å². The second-order valence-electron chi connectivity index (χ2n) is 4.51. The third-order valence-electron chi connectivity index (χ3n) is 3.28. The maximum Gasteiger partial charge on any atom is 0.0463 e. The first-order chi connectivity index (χ1) is 8.65. The molecule has 0 aliphatic rings. The van der Waals surface area contributed by atoms with Gasteiger partial charge in [-0.05, 0) is 31.4 Å². The molecule has 1 heterocycles. The molecule has 1 aromatic carbocycles. The van der Waals surface area contributed by atoms with Gasteiger partial charge in [-0.1, -0.05) is 0 Å². The lowest BCUT2D eigenvalue weighted by Gasteiger charge is -2.28. The maximum absolute atomic E-state index is 6.01. The Balaban J connectivity index is 2.48. The Morgan fingerprint density at radius 3 is 2.83 bits per heavy atom. The highest BCUT2D eigenvalue weighted by molar-refractivity contribution is 7.98. The van der Waals surface area contributed by atoms with E-state index in [0.717, 1.165) is 22.2 Å². The number of thioether (sulfide) groups is 1. The van der Waals surface area contributed by atoms with Crippen LogP contribution in [-0.4, -0.2) is 30.1 Å². The van der Waals surface area contributed by atoms with Gasteiger partial charge in [0.1, 0.15) is 0 Å². The molecule has 4 heteroatoms. The molecule has 0 bridgehead atoms. The van der Waals surface area contributed by atoms with E-state index in [2.05, 4.69) is 36.2 Å². The summed E-state index contributed by atoms with van der Waals surface area (Å²) >= 11 is 1.86. The van der Waals surface area contributed by atoms with Crippen LogP contribution in [0.1, 0.15) is 6.92 Å². The van der Waals surface area contributed by atoms with Crippen LogP contribution < -0.4 is 10.6 Å². The number of fused-ring (bicyclic) bond motifs is 1. The predicted molar refractivity (Wildman–Crippen MR) is 82.4 cm³/mol. The molecular weight excluding hydrogens is 242 g/mol. The molecule has 1 unspecified atom stereocenters. The van der Waals surface area contributed by atoms with Crippen molar-refractivity contribution in [3.63, 3.8) is 0 Å². The topological polar surface area (TPSA) is 42.1 Å².